The van der Waals surface area contributed by atoms with Gasteiger partial charge in [-0.25, -0.2) is 0 Å². The molecule has 1 N–H and O–H groups in total. The third-order valence-corrected chi connectivity index (χ3v) is 4.37. The van der Waals surface area contributed by atoms with Crippen LogP contribution in [-0.4, -0.2) is 18.5 Å². The number of carbonyl (C=O) groups excluding carboxylic acids is 1. The molecule has 0 atom stereocenters. The summed E-state index contributed by atoms with van der Waals surface area (Å²) in [6.45, 7) is 0.494. The summed E-state index contributed by atoms with van der Waals surface area (Å²) in [5, 5.41) is 2.95. The summed E-state index contributed by atoms with van der Waals surface area (Å²) in [6.07, 6.45) is 6.32. The zero-order valence-corrected chi connectivity index (χ0v) is 11.9. The highest BCUT2D eigenvalue weighted by molar-refractivity contribution is 9.10. The molecule has 0 unspecified atom stereocenters. The molecule has 1 aliphatic heterocycles. The fourth-order valence-electron chi connectivity index (χ4n) is 3.00. The topological polar surface area (TPSA) is 32.3 Å². The Morgan fingerprint density at radius 3 is 2.78 bits per heavy atom. The first-order valence-corrected chi connectivity index (χ1v) is 7.39. The van der Waals surface area contributed by atoms with Crippen LogP contribution in [0.1, 0.15) is 32.1 Å². The van der Waals surface area contributed by atoms with Crippen LogP contribution in [0.5, 0.6) is 0 Å². The molecule has 1 aromatic rings. The van der Waals surface area contributed by atoms with Crippen molar-refractivity contribution in [2.24, 2.45) is 0 Å². The van der Waals surface area contributed by atoms with Crippen LogP contribution in [0.3, 0.4) is 0 Å². The molecule has 0 saturated heterocycles. The zero-order valence-electron chi connectivity index (χ0n) is 10.3. The molecule has 0 aromatic heterocycles. The van der Waals surface area contributed by atoms with E-state index in [1.165, 1.54) is 32.1 Å². The van der Waals surface area contributed by atoms with E-state index in [2.05, 4.69) is 32.2 Å². The highest BCUT2D eigenvalue weighted by Gasteiger charge is 2.28. The van der Waals surface area contributed by atoms with Gasteiger partial charge >= 0.3 is 0 Å². The van der Waals surface area contributed by atoms with Crippen LogP contribution in [0.15, 0.2) is 22.7 Å². The van der Waals surface area contributed by atoms with Crippen molar-refractivity contribution in [3.8, 4) is 0 Å². The van der Waals surface area contributed by atoms with Crippen molar-refractivity contribution >= 4 is 33.2 Å². The van der Waals surface area contributed by atoms with Gasteiger partial charge in [-0.1, -0.05) is 35.2 Å². The van der Waals surface area contributed by atoms with E-state index in [1.54, 1.807) is 0 Å². The lowest BCUT2D eigenvalue weighted by atomic mass is 9.93. The van der Waals surface area contributed by atoms with Crippen molar-refractivity contribution in [2.45, 2.75) is 38.1 Å². The highest BCUT2D eigenvalue weighted by Crippen LogP contribution is 2.36. The van der Waals surface area contributed by atoms with Gasteiger partial charge in [0.15, 0.2) is 0 Å². The molecule has 96 valence electrons. The zero-order chi connectivity index (χ0) is 12.5. The predicted molar refractivity (Wildman–Crippen MR) is 77.0 cm³/mol. The summed E-state index contributed by atoms with van der Waals surface area (Å²) in [7, 11) is 0. The van der Waals surface area contributed by atoms with Gasteiger partial charge in [-0.15, -0.1) is 0 Å². The van der Waals surface area contributed by atoms with Gasteiger partial charge in [0.1, 0.15) is 0 Å². The number of nitrogens with one attached hydrogen (secondary N) is 1. The Kier molecular flexibility index (Phi) is 3.29. The van der Waals surface area contributed by atoms with Crippen LogP contribution in [0.2, 0.25) is 0 Å². The van der Waals surface area contributed by atoms with E-state index in [1.807, 2.05) is 12.1 Å². The predicted octanol–water partition coefficient (Wildman–Crippen LogP) is 3.54. The molecule has 1 amide bonds. The Morgan fingerprint density at radius 2 is 2.00 bits per heavy atom. The number of hydrogen-bond acceptors (Lipinski definition) is 2. The average molecular weight is 309 g/mol. The number of benzene rings is 1. The maximum absolute atomic E-state index is 11.8. The van der Waals surface area contributed by atoms with Gasteiger partial charge in [0.25, 0.3) is 0 Å². The van der Waals surface area contributed by atoms with Crippen LogP contribution in [-0.2, 0) is 4.79 Å². The second-order valence-corrected chi connectivity index (χ2v) is 6.05. The molecule has 4 heteroatoms. The SMILES string of the molecule is O=C1CN(C2CCCCC2)c2cc(Br)ccc2N1. The number of rotatable bonds is 1. The Labute approximate surface area is 116 Å². The van der Waals surface area contributed by atoms with E-state index in [-0.39, 0.29) is 5.91 Å². The molecule has 0 radical (unpaired) electrons. The quantitative estimate of drug-likeness (QED) is 0.860. The van der Waals surface area contributed by atoms with Gasteiger partial charge in [-0.3, -0.25) is 4.79 Å². The summed E-state index contributed by atoms with van der Waals surface area (Å²) in [5.74, 6) is 0.107. The summed E-state index contributed by atoms with van der Waals surface area (Å²) in [6, 6.07) is 6.59. The number of carbonyl (C=O) groups is 1. The lowest BCUT2D eigenvalue weighted by molar-refractivity contribution is -0.115. The molecule has 1 fully saturated rings. The largest absolute Gasteiger partial charge is 0.358 e. The molecule has 2 aliphatic rings. The van der Waals surface area contributed by atoms with Gasteiger partial charge in [0, 0.05) is 10.5 Å². The molecule has 1 aromatic carbocycles. The third kappa shape index (κ3) is 2.26. The fourth-order valence-corrected chi connectivity index (χ4v) is 3.35. The van der Waals surface area contributed by atoms with Crippen LogP contribution in [0, 0.1) is 0 Å². The van der Waals surface area contributed by atoms with Crippen molar-refractivity contribution in [3.63, 3.8) is 0 Å². The summed E-state index contributed by atoms with van der Waals surface area (Å²) < 4.78 is 1.07. The van der Waals surface area contributed by atoms with Gasteiger partial charge in [0.2, 0.25) is 5.91 Å². The smallest absolute Gasteiger partial charge is 0.243 e. The molecule has 1 heterocycles. The van der Waals surface area contributed by atoms with Gasteiger partial charge in [-0.2, -0.15) is 0 Å². The minimum Gasteiger partial charge on any atom is -0.358 e. The van der Waals surface area contributed by atoms with E-state index in [9.17, 15) is 4.79 Å². The van der Waals surface area contributed by atoms with Gasteiger partial charge in [-0.05, 0) is 31.0 Å². The van der Waals surface area contributed by atoms with E-state index < -0.39 is 0 Å². The van der Waals surface area contributed by atoms with Crippen molar-refractivity contribution in [2.75, 3.05) is 16.8 Å². The molecular formula is C14H17BrN2O. The normalized spacial score (nSPS) is 20.5. The Morgan fingerprint density at radius 1 is 1.22 bits per heavy atom. The van der Waals surface area contributed by atoms with E-state index in [4.69, 9.17) is 0 Å². The Hall–Kier alpha value is -1.03. The number of anilines is 2. The fraction of sp³-hybridized carbons (Fsp3) is 0.500. The molecule has 18 heavy (non-hydrogen) atoms. The lowest BCUT2D eigenvalue weighted by Crippen LogP contribution is -2.45. The molecule has 1 aliphatic carbocycles. The standard InChI is InChI=1S/C14H17BrN2O/c15-10-6-7-12-13(8-10)17(9-14(18)16-12)11-4-2-1-3-5-11/h6-8,11H,1-5,9H2,(H,16,18). The Bertz CT molecular complexity index is 469. The maximum Gasteiger partial charge on any atom is 0.243 e. The van der Waals surface area contributed by atoms with Crippen LogP contribution < -0.4 is 10.2 Å². The monoisotopic (exact) mass is 308 g/mol. The van der Waals surface area contributed by atoms with Crippen LogP contribution in [0.4, 0.5) is 11.4 Å². The van der Waals surface area contributed by atoms with Crippen LogP contribution >= 0.6 is 15.9 Å². The second-order valence-electron chi connectivity index (χ2n) is 5.13. The number of nitrogens with zero attached hydrogens (tertiary/aromatic N) is 1. The minimum atomic E-state index is 0.107. The number of halogens is 1. The van der Waals surface area contributed by atoms with Gasteiger partial charge in [0.05, 0.1) is 17.9 Å². The minimum absolute atomic E-state index is 0.107. The lowest BCUT2D eigenvalue weighted by Gasteiger charge is -2.39. The van der Waals surface area contributed by atoms with Crippen molar-refractivity contribution in [1.82, 2.24) is 0 Å². The first-order valence-electron chi connectivity index (χ1n) is 6.60. The van der Waals surface area contributed by atoms with Gasteiger partial charge < -0.3 is 10.2 Å². The molecule has 0 spiro atoms. The second kappa shape index (κ2) is 4.92. The van der Waals surface area contributed by atoms with Crippen molar-refractivity contribution in [3.05, 3.63) is 22.7 Å². The van der Waals surface area contributed by atoms with Crippen molar-refractivity contribution < 1.29 is 4.79 Å². The molecule has 3 rings (SSSR count). The van der Waals surface area contributed by atoms with E-state index >= 15 is 0 Å². The first kappa shape index (κ1) is 12.0. The van der Waals surface area contributed by atoms with Crippen LogP contribution in [0.25, 0.3) is 0 Å². The van der Waals surface area contributed by atoms with E-state index in [0.29, 0.717) is 12.6 Å². The third-order valence-electron chi connectivity index (χ3n) is 3.87. The first-order chi connectivity index (χ1) is 8.74. The number of fused-ring (bicyclic) bond motifs is 1. The maximum atomic E-state index is 11.8. The van der Waals surface area contributed by atoms with E-state index in [0.717, 1.165) is 15.8 Å². The number of hydrogen-bond donors (Lipinski definition) is 1. The molecular weight excluding hydrogens is 292 g/mol. The van der Waals surface area contributed by atoms with Crippen molar-refractivity contribution in [1.29, 1.82) is 0 Å². The summed E-state index contributed by atoms with van der Waals surface area (Å²) in [4.78, 5) is 14.1. The molecule has 1 saturated carbocycles. The number of amides is 1. The average Bonchev–Trinajstić information content (AvgIpc) is 2.39. The molecule has 0 bridgehead atoms. The summed E-state index contributed by atoms with van der Waals surface area (Å²) in [5.41, 5.74) is 2.11. The molecule has 3 nitrogen and oxygen atoms in total. The summed E-state index contributed by atoms with van der Waals surface area (Å²) >= 11 is 3.52. The Balaban J connectivity index is 1.94. The highest BCUT2D eigenvalue weighted by atomic mass is 79.9.